The van der Waals surface area contributed by atoms with Crippen molar-refractivity contribution in [2.75, 3.05) is 0 Å². The van der Waals surface area contributed by atoms with Crippen molar-refractivity contribution in [2.24, 2.45) is 0 Å². The summed E-state index contributed by atoms with van der Waals surface area (Å²) >= 11 is 12.9. The van der Waals surface area contributed by atoms with Gasteiger partial charge in [-0.05, 0) is 36.0 Å². The number of imide groups is 1. The van der Waals surface area contributed by atoms with E-state index in [0.29, 0.717) is 15.6 Å². The fourth-order valence-electron chi connectivity index (χ4n) is 2.21. The SMILES string of the molecule is O=C1S/C(=C\c2c(Cl)cccc2Cl)C(=O)N1Cc1ccccc1F. The van der Waals surface area contributed by atoms with Crippen LogP contribution in [0.3, 0.4) is 0 Å². The second-order valence-corrected chi connectivity index (χ2v) is 6.80. The van der Waals surface area contributed by atoms with Gasteiger partial charge >= 0.3 is 0 Å². The Hall–Kier alpha value is -1.82. The summed E-state index contributed by atoms with van der Waals surface area (Å²) in [5.74, 6) is -0.959. The number of thioether (sulfide) groups is 1. The van der Waals surface area contributed by atoms with Crippen molar-refractivity contribution < 1.29 is 14.0 Å². The van der Waals surface area contributed by atoms with Crippen LogP contribution in [0.25, 0.3) is 6.08 Å². The molecular weight excluding hydrogens is 372 g/mol. The lowest BCUT2D eigenvalue weighted by Gasteiger charge is -2.12. The molecule has 2 aromatic carbocycles. The third kappa shape index (κ3) is 3.34. The minimum Gasteiger partial charge on any atom is -0.268 e. The molecule has 0 N–H and O–H groups in total. The molecule has 1 aliphatic rings. The molecule has 0 atom stereocenters. The molecule has 0 saturated carbocycles. The lowest BCUT2D eigenvalue weighted by Crippen LogP contribution is -2.27. The highest BCUT2D eigenvalue weighted by Crippen LogP contribution is 2.36. The van der Waals surface area contributed by atoms with Crippen LogP contribution in [-0.2, 0) is 11.3 Å². The zero-order valence-corrected chi connectivity index (χ0v) is 14.5. The smallest absolute Gasteiger partial charge is 0.268 e. The van der Waals surface area contributed by atoms with E-state index in [1.807, 2.05) is 0 Å². The van der Waals surface area contributed by atoms with Gasteiger partial charge in [0.2, 0.25) is 0 Å². The number of halogens is 3. The van der Waals surface area contributed by atoms with Gasteiger partial charge in [0.15, 0.2) is 0 Å². The van der Waals surface area contributed by atoms with Crippen molar-refractivity contribution in [1.29, 1.82) is 0 Å². The molecule has 0 radical (unpaired) electrons. The highest BCUT2D eigenvalue weighted by Gasteiger charge is 2.35. The molecule has 3 nitrogen and oxygen atoms in total. The summed E-state index contributed by atoms with van der Waals surface area (Å²) < 4.78 is 13.7. The molecule has 1 aliphatic heterocycles. The Morgan fingerprint density at radius 2 is 1.71 bits per heavy atom. The molecule has 1 saturated heterocycles. The summed E-state index contributed by atoms with van der Waals surface area (Å²) in [6, 6.07) is 11.0. The van der Waals surface area contributed by atoms with Crippen LogP contribution >= 0.6 is 35.0 Å². The van der Waals surface area contributed by atoms with Gasteiger partial charge in [-0.25, -0.2) is 4.39 Å². The van der Waals surface area contributed by atoms with E-state index >= 15 is 0 Å². The second kappa shape index (κ2) is 6.97. The summed E-state index contributed by atoms with van der Waals surface area (Å²) in [5.41, 5.74) is 0.744. The lowest BCUT2D eigenvalue weighted by molar-refractivity contribution is -0.123. The summed E-state index contributed by atoms with van der Waals surface area (Å²) in [5, 5.41) is 0.296. The second-order valence-electron chi connectivity index (χ2n) is 4.99. The number of rotatable bonds is 3. The summed E-state index contributed by atoms with van der Waals surface area (Å²) in [7, 11) is 0. The molecule has 0 aromatic heterocycles. The number of amides is 2. The van der Waals surface area contributed by atoms with Crippen LogP contribution in [0.15, 0.2) is 47.4 Å². The average molecular weight is 382 g/mol. The molecular formula is C17H10Cl2FNO2S. The molecule has 0 spiro atoms. The number of benzene rings is 2. The van der Waals surface area contributed by atoms with Crippen LogP contribution in [0.2, 0.25) is 10.0 Å². The molecule has 0 bridgehead atoms. The Morgan fingerprint density at radius 3 is 2.38 bits per heavy atom. The van der Waals surface area contributed by atoms with Crippen LogP contribution in [0.5, 0.6) is 0 Å². The highest BCUT2D eigenvalue weighted by atomic mass is 35.5. The molecule has 3 rings (SSSR count). The summed E-state index contributed by atoms with van der Waals surface area (Å²) in [6.45, 7) is -0.120. The van der Waals surface area contributed by atoms with E-state index in [9.17, 15) is 14.0 Å². The first-order valence-corrected chi connectivity index (χ1v) is 8.47. The van der Waals surface area contributed by atoms with Crippen LogP contribution in [0.1, 0.15) is 11.1 Å². The van der Waals surface area contributed by atoms with Crippen molar-refractivity contribution in [3.05, 3.63) is 74.4 Å². The minimum absolute atomic E-state index is 0.120. The molecule has 1 heterocycles. The fraction of sp³-hybridized carbons (Fsp3) is 0.0588. The van der Waals surface area contributed by atoms with Gasteiger partial charge in [-0.2, -0.15) is 0 Å². The van der Waals surface area contributed by atoms with Gasteiger partial charge in [-0.3, -0.25) is 14.5 Å². The zero-order valence-electron chi connectivity index (χ0n) is 12.1. The van der Waals surface area contributed by atoms with E-state index in [4.69, 9.17) is 23.2 Å². The maximum Gasteiger partial charge on any atom is 0.293 e. The van der Waals surface area contributed by atoms with Crippen LogP contribution < -0.4 is 0 Å². The Labute approximate surface area is 152 Å². The highest BCUT2D eigenvalue weighted by molar-refractivity contribution is 8.18. The normalized spacial score (nSPS) is 16.3. The molecule has 24 heavy (non-hydrogen) atoms. The van der Waals surface area contributed by atoms with E-state index in [2.05, 4.69) is 0 Å². The first-order valence-electron chi connectivity index (χ1n) is 6.90. The first kappa shape index (κ1) is 17.0. The third-order valence-electron chi connectivity index (χ3n) is 3.44. The van der Waals surface area contributed by atoms with Gasteiger partial charge in [-0.1, -0.05) is 47.5 Å². The molecule has 2 amide bonds. The van der Waals surface area contributed by atoms with Crippen molar-refractivity contribution in [3.8, 4) is 0 Å². The largest absolute Gasteiger partial charge is 0.293 e. The van der Waals surface area contributed by atoms with Gasteiger partial charge < -0.3 is 0 Å². The molecule has 122 valence electrons. The summed E-state index contributed by atoms with van der Waals surface area (Å²) in [6.07, 6.45) is 1.48. The number of carbonyl (C=O) groups excluding carboxylic acids is 2. The minimum atomic E-state index is -0.496. The standard InChI is InChI=1S/C17H10Cl2FNO2S/c18-12-5-3-6-13(19)11(12)8-15-16(22)21(17(23)24-15)9-10-4-1-2-7-14(10)20/h1-8H,9H2/b15-8-. The molecule has 0 aliphatic carbocycles. The van der Waals surface area contributed by atoms with Crippen molar-refractivity contribution in [1.82, 2.24) is 4.90 Å². The van der Waals surface area contributed by atoms with Crippen LogP contribution in [0.4, 0.5) is 9.18 Å². The molecule has 2 aromatic rings. The number of carbonyl (C=O) groups is 2. The molecule has 1 fully saturated rings. The number of hydrogen-bond acceptors (Lipinski definition) is 3. The monoisotopic (exact) mass is 381 g/mol. The Bertz CT molecular complexity index is 849. The van der Waals surface area contributed by atoms with Gasteiger partial charge in [0, 0.05) is 21.2 Å². The van der Waals surface area contributed by atoms with Crippen molar-refractivity contribution in [2.45, 2.75) is 6.54 Å². The molecule has 7 heteroatoms. The third-order valence-corrected chi connectivity index (χ3v) is 5.00. The van der Waals surface area contributed by atoms with Crippen molar-refractivity contribution >= 4 is 52.2 Å². The average Bonchev–Trinajstić information content (AvgIpc) is 2.80. The van der Waals surface area contributed by atoms with E-state index in [-0.39, 0.29) is 17.0 Å². The number of hydrogen-bond donors (Lipinski definition) is 0. The Morgan fingerprint density at radius 1 is 1.04 bits per heavy atom. The fourth-order valence-corrected chi connectivity index (χ4v) is 3.54. The van der Waals surface area contributed by atoms with E-state index in [1.54, 1.807) is 30.3 Å². The van der Waals surface area contributed by atoms with E-state index in [0.717, 1.165) is 16.7 Å². The van der Waals surface area contributed by atoms with Gasteiger partial charge in [-0.15, -0.1) is 0 Å². The Kier molecular flexibility index (Phi) is 4.94. The molecule has 0 unspecified atom stereocenters. The van der Waals surface area contributed by atoms with Gasteiger partial charge in [0.1, 0.15) is 5.82 Å². The first-order chi connectivity index (χ1) is 11.5. The van der Waals surface area contributed by atoms with E-state index in [1.165, 1.54) is 18.2 Å². The quantitative estimate of drug-likeness (QED) is 0.670. The predicted octanol–water partition coefficient (Wildman–Crippen LogP) is 5.37. The van der Waals surface area contributed by atoms with Gasteiger partial charge in [0.05, 0.1) is 11.4 Å². The summed E-state index contributed by atoms with van der Waals surface area (Å²) in [4.78, 5) is 25.8. The maximum absolute atomic E-state index is 13.7. The number of nitrogens with zero attached hydrogens (tertiary/aromatic N) is 1. The van der Waals surface area contributed by atoms with Crippen LogP contribution in [0, 0.1) is 5.82 Å². The van der Waals surface area contributed by atoms with Gasteiger partial charge in [0.25, 0.3) is 11.1 Å². The van der Waals surface area contributed by atoms with Crippen molar-refractivity contribution in [3.63, 3.8) is 0 Å². The Balaban J connectivity index is 1.89. The lowest BCUT2D eigenvalue weighted by atomic mass is 10.2. The van der Waals surface area contributed by atoms with E-state index < -0.39 is 17.0 Å². The maximum atomic E-state index is 13.7. The zero-order chi connectivity index (χ0) is 17.3. The predicted molar refractivity (Wildman–Crippen MR) is 94.4 cm³/mol. The van der Waals surface area contributed by atoms with Crippen LogP contribution in [-0.4, -0.2) is 16.0 Å². The topological polar surface area (TPSA) is 37.4 Å².